The molecule has 0 saturated carbocycles. The van der Waals surface area contributed by atoms with Crippen LogP contribution in [0.4, 0.5) is 0 Å². The summed E-state index contributed by atoms with van der Waals surface area (Å²) in [5.74, 6) is 0.273. The minimum Gasteiger partial charge on any atom is -0.343 e. The Morgan fingerprint density at radius 1 is 1.30 bits per heavy atom. The Hall–Kier alpha value is -0.580. The quantitative estimate of drug-likeness (QED) is 0.815. The first-order valence-corrected chi connectivity index (χ1v) is 8.26. The lowest BCUT2D eigenvalue weighted by atomic mass is 10.1. The number of hydrogen-bond donors (Lipinski definition) is 1. The Morgan fingerprint density at radius 2 is 2.05 bits per heavy atom. The molecule has 1 aliphatic rings. The van der Waals surface area contributed by atoms with Crippen LogP contribution < -0.4 is 5.32 Å². The molecule has 110 valence electrons. The fourth-order valence-electron chi connectivity index (χ4n) is 2.38. The number of amides is 1. The molecule has 0 bridgehead atoms. The smallest absolute Gasteiger partial charge is 0.223 e. The maximum Gasteiger partial charge on any atom is 0.223 e. The highest BCUT2D eigenvalue weighted by Gasteiger charge is 2.15. The molecule has 1 fully saturated rings. The molecule has 1 aromatic carbocycles. The standard InChI is InChI=1S/C15H20BrClN2O/c16-13-10-12(4-5-14(13)17)11-18-7-6-15(20)19-8-2-1-3-9-19/h4-5,10,18H,1-3,6-9,11H2. The van der Waals surface area contributed by atoms with E-state index in [1.807, 2.05) is 23.1 Å². The lowest BCUT2D eigenvalue weighted by molar-refractivity contribution is -0.131. The first kappa shape index (κ1) is 15.8. The van der Waals surface area contributed by atoms with Gasteiger partial charge in [0.15, 0.2) is 0 Å². The van der Waals surface area contributed by atoms with Gasteiger partial charge in [-0.1, -0.05) is 17.7 Å². The van der Waals surface area contributed by atoms with Crippen molar-refractivity contribution in [1.29, 1.82) is 0 Å². The number of carbonyl (C=O) groups is 1. The Kier molecular flexibility index (Phi) is 6.33. The van der Waals surface area contributed by atoms with E-state index in [1.54, 1.807) is 0 Å². The average molecular weight is 360 g/mol. The number of carbonyl (C=O) groups excluding carboxylic acids is 1. The van der Waals surface area contributed by atoms with Crippen molar-refractivity contribution in [2.75, 3.05) is 19.6 Å². The minimum atomic E-state index is 0.273. The van der Waals surface area contributed by atoms with E-state index in [1.165, 1.54) is 6.42 Å². The van der Waals surface area contributed by atoms with Crippen LogP contribution >= 0.6 is 27.5 Å². The number of hydrogen-bond acceptors (Lipinski definition) is 2. The Morgan fingerprint density at radius 3 is 2.75 bits per heavy atom. The average Bonchev–Trinajstić information content (AvgIpc) is 2.48. The number of benzene rings is 1. The monoisotopic (exact) mass is 358 g/mol. The Balaban J connectivity index is 1.68. The van der Waals surface area contributed by atoms with Crippen molar-refractivity contribution in [3.8, 4) is 0 Å². The van der Waals surface area contributed by atoms with Crippen molar-refractivity contribution in [3.63, 3.8) is 0 Å². The van der Waals surface area contributed by atoms with E-state index < -0.39 is 0 Å². The summed E-state index contributed by atoms with van der Waals surface area (Å²) in [6.07, 6.45) is 4.14. The maximum absolute atomic E-state index is 12.0. The van der Waals surface area contributed by atoms with E-state index >= 15 is 0 Å². The van der Waals surface area contributed by atoms with Crippen LogP contribution in [0.3, 0.4) is 0 Å². The third-order valence-corrected chi connectivity index (χ3v) is 4.75. The summed E-state index contributed by atoms with van der Waals surface area (Å²) in [6, 6.07) is 5.87. The molecule has 1 amide bonds. The van der Waals surface area contributed by atoms with Gasteiger partial charge in [0.2, 0.25) is 5.91 Å². The second kappa shape index (κ2) is 8.01. The van der Waals surface area contributed by atoms with Crippen LogP contribution in [-0.4, -0.2) is 30.4 Å². The molecule has 0 aliphatic carbocycles. The topological polar surface area (TPSA) is 32.3 Å². The Labute approximate surface area is 133 Å². The number of likely N-dealkylation sites (tertiary alicyclic amines) is 1. The molecule has 1 heterocycles. The highest BCUT2D eigenvalue weighted by molar-refractivity contribution is 9.10. The van der Waals surface area contributed by atoms with E-state index in [9.17, 15) is 4.79 Å². The lowest BCUT2D eigenvalue weighted by Gasteiger charge is -2.26. The van der Waals surface area contributed by atoms with Gasteiger partial charge >= 0.3 is 0 Å². The summed E-state index contributed by atoms with van der Waals surface area (Å²) >= 11 is 9.36. The van der Waals surface area contributed by atoms with Crippen LogP contribution in [0.1, 0.15) is 31.2 Å². The fraction of sp³-hybridized carbons (Fsp3) is 0.533. The van der Waals surface area contributed by atoms with Gasteiger partial charge in [-0.3, -0.25) is 4.79 Å². The zero-order valence-electron chi connectivity index (χ0n) is 11.5. The molecule has 0 spiro atoms. The van der Waals surface area contributed by atoms with Gasteiger partial charge < -0.3 is 10.2 Å². The van der Waals surface area contributed by atoms with Crippen LogP contribution in [0, 0.1) is 0 Å². The van der Waals surface area contributed by atoms with Crippen molar-refractivity contribution in [2.45, 2.75) is 32.2 Å². The molecule has 20 heavy (non-hydrogen) atoms. The van der Waals surface area contributed by atoms with E-state index in [4.69, 9.17) is 11.6 Å². The van der Waals surface area contributed by atoms with Crippen molar-refractivity contribution in [3.05, 3.63) is 33.3 Å². The number of nitrogens with one attached hydrogen (secondary N) is 1. The molecular formula is C15H20BrClN2O. The molecule has 5 heteroatoms. The SMILES string of the molecule is O=C(CCNCc1ccc(Cl)c(Br)c1)N1CCCCC1. The van der Waals surface area contributed by atoms with Crippen molar-refractivity contribution in [2.24, 2.45) is 0 Å². The van der Waals surface area contributed by atoms with Gasteiger partial charge in [-0.25, -0.2) is 0 Å². The summed E-state index contributed by atoms with van der Waals surface area (Å²) < 4.78 is 0.905. The van der Waals surface area contributed by atoms with E-state index in [-0.39, 0.29) is 5.91 Å². The molecule has 1 aliphatic heterocycles. The number of nitrogens with zero attached hydrogens (tertiary/aromatic N) is 1. The first-order chi connectivity index (χ1) is 9.66. The molecule has 2 rings (SSSR count). The predicted molar refractivity (Wildman–Crippen MR) is 85.9 cm³/mol. The van der Waals surface area contributed by atoms with Crippen molar-refractivity contribution >= 4 is 33.4 Å². The summed E-state index contributed by atoms with van der Waals surface area (Å²) in [4.78, 5) is 14.0. The molecule has 0 atom stereocenters. The van der Waals surface area contributed by atoms with Crippen LogP contribution in [0.25, 0.3) is 0 Å². The largest absolute Gasteiger partial charge is 0.343 e. The highest BCUT2D eigenvalue weighted by Crippen LogP contribution is 2.23. The third-order valence-electron chi connectivity index (χ3n) is 3.54. The number of rotatable bonds is 5. The second-order valence-electron chi connectivity index (χ2n) is 5.12. The van der Waals surface area contributed by atoms with Gasteiger partial charge in [0.1, 0.15) is 0 Å². The van der Waals surface area contributed by atoms with Gasteiger partial charge in [-0.05, 0) is 52.9 Å². The van der Waals surface area contributed by atoms with Crippen molar-refractivity contribution in [1.82, 2.24) is 10.2 Å². The lowest BCUT2D eigenvalue weighted by Crippen LogP contribution is -2.37. The van der Waals surface area contributed by atoms with E-state index in [0.717, 1.165) is 49.1 Å². The molecule has 0 unspecified atom stereocenters. The van der Waals surface area contributed by atoms with Crippen molar-refractivity contribution < 1.29 is 4.79 Å². The predicted octanol–water partition coefficient (Wildman–Crippen LogP) is 3.59. The van der Waals surface area contributed by atoms with Gasteiger partial charge in [-0.15, -0.1) is 0 Å². The molecule has 1 saturated heterocycles. The summed E-state index contributed by atoms with van der Waals surface area (Å²) in [5, 5.41) is 4.02. The zero-order chi connectivity index (χ0) is 14.4. The highest BCUT2D eigenvalue weighted by atomic mass is 79.9. The summed E-state index contributed by atoms with van der Waals surface area (Å²) in [7, 11) is 0. The first-order valence-electron chi connectivity index (χ1n) is 7.09. The van der Waals surface area contributed by atoms with Crippen LogP contribution in [0.15, 0.2) is 22.7 Å². The number of halogens is 2. The van der Waals surface area contributed by atoms with Gasteiger partial charge in [0.25, 0.3) is 0 Å². The normalized spacial score (nSPS) is 15.4. The zero-order valence-corrected chi connectivity index (χ0v) is 13.8. The second-order valence-corrected chi connectivity index (χ2v) is 6.38. The van der Waals surface area contributed by atoms with Crippen LogP contribution in [0.2, 0.25) is 5.02 Å². The van der Waals surface area contributed by atoms with Gasteiger partial charge in [0.05, 0.1) is 5.02 Å². The van der Waals surface area contributed by atoms with E-state index in [2.05, 4.69) is 21.2 Å². The van der Waals surface area contributed by atoms with Gasteiger partial charge in [-0.2, -0.15) is 0 Å². The third kappa shape index (κ3) is 4.76. The molecule has 1 aromatic rings. The molecule has 1 N–H and O–H groups in total. The van der Waals surface area contributed by atoms with Gasteiger partial charge in [0, 0.05) is 37.1 Å². The Bertz CT molecular complexity index is 461. The molecular weight excluding hydrogens is 340 g/mol. The molecule has 0 aromatic heterocycles. The summed E-state index contributed by atoms with van der Waals surface area (Å²) in [6.45, 7) is 3.34. The van der Waals surface area contributed by atoms with Crippen LogP contribution in [-0.2, 0) is 11.3 Å². The van der Waals surface area contributed by atoms with Crippen LogP contribution in [0.5, 0.6) is 0 Å². The fourth-order valence-corrected chi connectivity index (χ4v) is 2.92. The molecule has 0 radical (unpaired) electrons. The maximum atomic E-state index is 12.0. The summed E-state index contributed by atoms with van der Waals surface area (Å²) in [5.41, 5.74) is 1.16. The number of piperidine rings is 1. The van der Waals surface area contributed by atoms with E-state index in [0.29, 0.717) is 11.4 Å². The minimum absolute atomic E-state index is 0.273. The molecule has 3 nitrogen and oxygen atoms in total.